The summed E-state index contributed by atoms with van der Waals surface area (Å²) >= 11 is 0. The number of allylic oxidation sites excluding steroid dienone is 4. The zero-order chi connectivity index (χ0) is 36.8. The highest BCUT2D eigenvalue weighted by atomic mass is 14.9. The number of aliphatic imine (C=N–C) groups is 1. The quantitative estimate of drug-likeness (QED) is 0.107. The maximum absolute atomic E-state index is 8.85. The van der Waals surface area contributed by atoms with E-state index in [0.717, 1.165) is 45.9 Å². The van der Waals surface area contributed by atoms with Gasteiger partial charge in [0.1, 0.15) is 5.84 Å². The van der Waals surface area contributed by atoms with Crippen molar-refractivity contribution in [2.24, 2.45) is 10.7 Å². The van der Waals surface area contributed by atoms with Gasteiger partial charge in [-0.15, -0.1) is 0 Å². The molecule has 260 valence electrons. The van der Waals surface area contributed by atoms with Crippen LogP contribution in [0.3, 0.4) is 0 Å². The molecule has 0 aromatic heterocycles. The zero-order valence-corrected chi connectivity index (χ0v) is 30.5. The van der Waals surface area contributed by atoms with Crippen molar-refractivity contribution in [1.82, 2.24) is 0 Å². The SMILES string of the molecule is CCC1=C2/C=C\Cc3cccc4c3c3c(c5ccccc54)-c4ccccc4C13c1cc(-c3cc4ccccc4cc3C(N)=NC(=N)c3ccccc3)ccc12. The van der Waals surface area contributed by atoms with E-state index < -0.39 is 5.41 Å². The molecule has 2 bridgehead atoms. The van der Waals surface area contributed by atoms with Gasteiger partial charge in [-0.05, 0) is 125 Å². The lowest BCUT2D eigenvalue weighted by Gasteiger charge is -2.34. The van der Waals surface area contributed by atoms with Crippen LogP contribution in [-0.2, 0) is 11.8 Å². The van der Waals surface area contributed by atoms with Gasteiger partial charge in [0.15, 0.2) is 5.84 Å². The van der Waals surface area contributed by atoms with Crippen LogP contribution in [0.4, 0.5) is 0 Å². The molecule has 0 heterocycles. The van der Waals surface area contributed by atoms with E-state index in [9.17, 15) is 0 Å². The lowest BCUT2D eigenvalue weighted by Crippen LogP contribution is -2.28. The third-order valence-electron chi connectivity index (χ3n) is 12.3. The van der Waals surface area contributed by atoms with Crippen LogP contribution in [0.25, 0.3) is 60.1 Å². The molecule has 0 saturated heterocycles. The minimum Gasteiger partial charge on any atom is -0.383 e. The standard InChI is InChI=1S/C52H37N3/c1-2-44-37-23-12-18-31-19-13-24-39-36-20-8-9-21-40(36)48-41-22-10-11-25-45(41)52(44,49(48)47(31)39)46-30-35(26-27-38(37)46)42-28-33-16-6-7-17-34(33)29-43(42)51(54)55-50(53)32-14-4-3-5-15-32/h3-17,19-30H,2,18H2,1H3,(H3,53,54,55)/b23-12-. The molecule has 1 spiro atoms. The second-order valence-corrected chi connectivity index (χ2v) is 15.0. The van der Waals surface area contributed by atoms with Crippen molar-refractivity contribution >= 4 is 49.6 Å². The summed E-state index contributed by atoms with van der Waals surface area (Å²) in [5.41, 5.74) is 22.3. The molecule has 0 saturated carbocycles. The number of nitrogens with two attached hydrogens (primary N) is 1. The third kappa shape index (κ3) is 4.32. The van der Waals surface area contributed by atoms with Crippen LogP contribution in [-0.4, -0.2) is 11.7 Å². The monoisotopic (exact) mass is 703 g/mol. The predicted octanol–water partition coefficient (Wildman–Crippen LogP) is 12.1. The van der Waals surface area contributed by atoms with Crippen molar-refractivity contribution < 1.29 is 0 Å². The summed E-state index contributed by atoms with van der Waals surface area (Å²) < 4.78 is 0. The zero-order valence-electron chi connectivity index (χ0n) is 30.5. The first-order valence-corrected chi connectivity index (χ1v) is 19.2. The minimum atomic E-state index is -0.486. The van der Waals surface area contributed by atoms with Crippen LogP contribution in [0.2, 0.25) is 0 Å². The molecule has 0 aliphatic heterocycles. The average molecular weight is 704 g/mol. The molecule has 11 rings (SSSR count). The number of hydrogen-bond acceptors (Lipinski definition) is 1. The first-order chi connectivity index (χ1) is 27.1. The second kappa shape index (κ2) is 11.8. The van der Waals surface area contributed by atoms with Crippen LogP contribution in [0, 0.1) is 5.41 Å². The molecule has 55 heavy (non-hydrogen) atoms. The van der Waals surface area contributed by atoms with Crippen molar-refractivity contribution in [3.63, 3.8) is 0 Å². The molecule has 8 aromatic rings. The first-order valence-electron chi connectivity index (χ1n) is 19.2. The summed E-state index contributed by atoms with van der Waals surface area (Å²) in [5.74, 6) is 0.468. The fraction of sp³-hybridized carbons (Fsp3) is 0.0769. The molecule has 8 aromatic carbocycles. The molecule has 0 radical (unpaired) electrons. The Kier molecular flexibility index (Phi) is 6.81. The van der Waals surface area contributed by atoms with E-state index in [1.807, 2.05) is 30.3 Å². The lowest BCUT2D eigenvalue weighted by molar-refractivity contribution is 0.739. The van der Waals surface area contributed by atoms with E-state index >= 15 is 0 Å². The fourth-order valence-electron chi connectivity index (χ4n) is 10.2. The fourth-order valence-corrected chi connectivity index (χ4v) is 10.2. The minimum absolute atomic E-state index is 0.141. The number of nitrogens with one attached hydrogen (secondary N) is 1. The number of amidine groups is 2. The molecule has 0 amide bonds. The first kappa shape index (κ1) is 31.7. The van der Waals surface area contributed by atoms with Crippen molar-refractivity contribution in [3.05, 3.63) is 208 Å². The Balaban J connectivity index is 1.24. The van der Waals surface area contributed by atoms with E-state index in [1.165, 1.54) is 71.6 Å². The molecule has 1 atom stereocenters. The highest BCUT2D eigenvalue weighted by molar-refractivity contribution is 6.21. The second-order valence-electron chi connectivity index (χ2n) is 15.0. The molecule has 3 nitrogen and oxygen atoms in total. The Labute approximate surface area is 320 Å². The summed E-state index contributed by atoms with van der Waals surface area (Å²) in [4.78, 5) is 4.70. The van der Waals surface area contributed by atoms with Gasteiger partial charge in [-0.1, -0.05) is 153 Å². The molecule has 3 N–H and O–H groups in total. The van der Waals surface area contributed by atoms with Gasteiger partial charge in [0.25, 0.3) is 0 Å². The number of hydrogen-bond donors (Lipinski definition) is 2. The Bertz CT molecular complexity index is 3070. The molecular formula is C52H37N3. The van der Waals surface area contributed by atoms with E-state index in [2.05, 4.69) is 140 Å². The van der Waals surface area contributed by atoms with Crippen LogP contribution in [0.15, 0.2) is 174 Å². The number of nitrogens with zero attached hydrogens (tertiary/aromatic N) is 1. The van der Waals surface area contributed by atoms with Gasteiger partial charge in [0, 0.05) is 11.1 Å². The molecular weight excluding hydrogens is 667 g/mol. The Hall–Kier alpha value is -6.84. The summed E-state index contributed by atoms with van der Waals surface area (Å²) in [6.45, 7) is 2.33. The maximum Gasteiger partial charge on any atom is 0.154 e. The van der Waals surface area contributed by atoms with Crippen molar-refractivity contribution in [2.75, 3.05) is 0 Å². The maximum atomic E-state index is 8.85. The smallest absolute Gasteiger partial charge is 0.154 e. The summed E-state index contributed by atoms with van der Waals surface area (Å²) in [7, 11) is 0. The van der Waals surface area contributed by atoms with Gasteiger partial charge in [0.05, 0.1) is 5.41 Å². The number of fused-ring (bicyclic) bond motifs is 8. The van der Waals surface area contributed by atoms with E-state index in [-0.39, 0.29) is 5.84 Å². The van der Waals surface area contributed by atoms with E-state index in [4.69, 9.17) is 16.1 Å². The number of rotatable bonds is 4. The number of benzene rings is 8. The van der Waals surface area contributed by atoms with Crippen LogP contribution >= 0.6 is 0 Å². The lowest BCUT2D eigenvalue weighted by atomic mass is 9.67. The highest BCUT2D eigenvalue weighted by Crippen LogP contribution is 2.66. The molecule has 1 unspecified atom stereocenters. The highest BCUT2D eigenvalue weighted by Gasteiger charge is 2.53. The summed E-state index contributed by atoms with van der Waals surface area (Å²) in [6.07, 6.45) is 6.57. The van der Waals surface area contributed by atoms with Crippen LogP contribution in [0.5, 0.6) is 0 Å². The van der Waals surface area contributed by atoms with Crippen molar-refractivity contribution in [3.8, 4) is 22.3 Å². The Morgan fingerprint density at radius 2 is 1.40 bits per heavy atom. The van der Waals surface area contributed by atoms with Crippen LogP contribution in [0.1, 0.15) is 52.3 Å². The van der Waals surface area contributed by atoms with Gasteiger partial charge in [-0.25, -0.2) is 4.99 Å². The van der Waals surface area contributed by atoms with Gasteiger partial charge in [0.2, 0.25) is 0 Å². The topological polar surface area (TPSA) is 62.2 Å². The average Bonchev–Trinajstić information content (AvgIpc) is 3.71. The Morgan fingerprint density at radius 3 is 2.24 bits per heavy atom. The van der Waals surface area contributed by atoms with E-state index in [1.54, 1.807) is 0 Å². The van der Waals surface area contributed by atoms with Crippen LogP contribution < -0.4 is 5.73 Å². The summed E-state index contributed by atoms with van der Waals surface area (Å²) in [6, 6.07) is 54.5. The summed E-state index contributed by atoms with van der Waals surface area (Å²) in [5, 5.41) is 16.4. The Morgan fingerprint density at radius 1 is 0.673 bits per heavy atom. The largest absolute Gasteiger partial charge is 0.383 e. The molecule has 0 fully saturated rings. The molecule has 3 aliphatic rings. The van der Waals surface area contributed by atoms with Gasteiger partial charge >= 0.3 is 0 Å². The molecule has 3 aliphatic carbocycles. The third-order valence-corrected chi connectivity index (χ3v) is 12.3. The van der Waals surface area contributed by atoms with E-state index in [0.29, 0.717) is 5.84 Å². The van der Waals surface area contributed by atoms with Gasteiger partial charge in [-0.2, -0.15) is 0 Å². The van der Waals surface area contributed by atoms with Crippen molar-refractivity contribution in [2.45, 2.75) is 25.2 Å². The van der Waals surface area contributed by atoms with Gasteiger partial charge < -0.3 is 5.73 Å². The van der Waals surface area contributed by atoms with Gasteiger partial charge in [-0.3, -0.25) is 5.41 Å². The normalized spacial score (nSPS) is 17.2. The molecule has 3 heteroatoms. The van der Waals surface area contributed by atoms with Crippen molar-refractivity contribution in [1.29, 1.82) is 5.41 Å². The predicted molar refractivity (Wildman–Crippen MR) is 230 cm³/mol.